The van der Waals surface area contributed by atoms with Crippen LogP contribution in [0.4, 0.5) is 4.39 Å². The van der Waals surface area contributed by atoms with E-state index in [0.717, 1.165) is 12.8 Å². The number of carbonyl (C=O) groups excluding carboxylic acids is 1. The maximum Gasteiger partial charge on any atom is 0.220 e. The minimum Gasteiger partial charge on any atom is -0.493 e. The van der Waals surface area contributed by atoms with E-state index in [1.807, 2.05) is 26.2 Å². The lowest BCUT2D eigenvalue weighted by Crippen LogP contribution is -2.33. The lowest BCUT2D eigenvalue weighted by Gasteiger charge is -2.14. The summed E-state index contributed by atoms with van der Waals surface area (Å²) in [7, 11) is 2.02. The first-order chi connectivity index (χ1) is 11.5. The fourth-order valence-electron chi connectivity index (χ4n) is 2.52. The number of amides is 1. The Morgan fingerprint density at radius 1 is 1.33 bits per heavy atom. The molecule has 5 heteroatoms. The van der Waals surface area contributed by atoms with Crippen molar-refractivity contribution in [3.05, 3.63) is 54.1 Å². The molecule has 1 amide bonds. The molecule has 0 aliphatic heterocycles. The molecule has 2 aromatic rings. The highest BCUT2D eigenvalue weighted by atomic mass is 19.1. The van der Waals surface area contributed by atoms with Crippen LogP contribution >= 0.6 is 0 Å². The first-order valence-electron chi connectivity index (χ1n) is 8.32. The van der Waals surface area contributed by atoms with E-state index < -0.39 is 0 Å². The van der Waals surface area contributed by atoms with Crippen molar-refractivity contribution in [1.29, 1.82) is 0 Å². The summed E-state index contributed by atoms with van der Waals surface area (Å²) in [6.45, 7) is 2.42. The monoisotopic (exact) mass is 332 g/mol. The third-order valence-electron chi connectivity index (χ3n) is 3.91. The maximum absolute atomic E-state index is 13.0. The largest absolute Gasteiger partial charge is 0.493 e. The van der Waals surface area contributed by atoms with Crippen LogP contribution in [-0.2, 0) is 18.3 Å². The highest BCUT2D eigenvalue weighted by Gasteiger charge is 2.08. The topological polar surface area (TPSA) is 43.3 Å². The Kier molecular flexibility index (Phi) is 6.85. The number of benzene rings is 1. The molecule has 0 radical (unpaired) electrons. The zero-order valence-electron chi connectivity index (χ0n) is 14.3. The van der Waals surface area contributed by atoms with E-state index in [1.165, 1.54) is 17.8 Å². The zero-order chi connectivity index (χ0) is 17.4. The predicted octanol–water partition coefficient (Wildman–Crippen LogP) is 3.46. The first-order valence-corrected chi connectivity index (χ1v) is 8.32. The smallest absolute Gasteiger partial charge is 0.220 e. The maximum atomic E-state index is 13.0. The molecule has 0 fully saturated rings. The molecule has 130 valence electrons. The minimum absolute atomic E-state index is 0.0252. The summed E-state index contributed by atoms with van der Waals surface area (Å²) < 4.78 is 20.5. The predicted molar refractivity (Wildman–Crippen MR) is 92.5 cm³/mol. The fraction of sp³-hybridized carbons (Fsp3) is 0.421. The van der Waals surface area contributed by atoms with Crippen molar-refractivity contribution in [2.75, 3.05) is 6.61 Å². The van der Waals surface area contributed by atoms with Crippen molar-refractivity contribution >= 4 is 5.91 Å². The van der Waals surface area contributed by atoms with Gasteiger partial charge in [0.15, 0.2) is 0 Å². The molecule has 1 N–H and O–H groups in total. The van der Waals surface area contributed by atoms with Crippen LogP contribution in [-0.4, -0.2) is 23.1 Å². The molecule has 1 atom stereocenters. The molecule has 1 heterocycles. The van der Waals surface area contributed by atoms with Crippen LogP contribution in [0, 0.1) is 5.82 Å². The van der Waals surface area contributed by atoms with Crippen molar-refractivity contribution in [2.24, 2.45) is 7.05 Å². The van der Waals surface area contributed by atoms with Gasteiger partial charge in [0.1, 0.15) is 11.6 Å². The lowest BCUT2D eigenvalue weighted by atomic mass is 10.1. The van der Waals surface area contributed by atoms with Crippen LogP contribution in [0.25, 0.3) is 0 Å². The number of carbonyl (C=O) groups is 1. The van der Waals surface area contributed by atoms with E-state index in [-0.39, 0.29) is 17.8 Å². The van der Waals surface area contributed by atoms with Crippen LogP contribution in [0.2, 0.25) is 0 Å². The molecule has 0 saturated heterocycles. The van der Waals surface area contributed by atoms with Gasteiger partial charge in [0, 0.05) is 37.5 Å². The summed E-state index contributed by atoms with van der Waals surface area (Å²) in [5, 5.41) is 3.01. The highest BCUT2D eigenvalue weighted by molar-refractivity contribution is 5.76. The number of ether oxygens (including phenoxy) is 1. The first kappa shape index (κ1) is 18.0. The molecule has 0 aliphatic rings. The van der Waals surface area contributed by atoms with Crippen molar-refractivity contribution in [3.63, 3.8) is 0 Å². The number of nitrogens with zero attached hydrogens (tertiary/aromatic N) is 1. The molecule has 1 aromatic carbocycles. The van der Waals surface area contributed by atoms with Crippen LogP contribution in [0.1, 0.15) is 31.9 Å². The van der Waals surface area contributed by atoms with Gasteiger partial charge < -0.3 is 14.6 Å². The van der Waals surface area contributed by atoms with Gasteiger partial charge in [0.2, 0.25) is 5.91 Å². The minimum atomic E-state index is -0.322. The van der Waals surface area contributed by atoms with Crippen LogP contribution in [0.15, 0.2) is 42.6 Å². The fourth-order valence-corrected chi connectivity index (χ4v) is 2.52. The summed E-state index contributed by atoms with van der Waals surface area (Å²) in [5.74, 6) is 0.195. The third-order valence-corrected chi connectivity index (χ3v) is 3.91. The Balaban J connectivity index is 1.59. The van der Waals surface area contributed by atoms with Crippen LogP contribution in [0.3, 0.4) is 0 Å². The number of aromatic nitrogens is 1. The number of halogens is 1. The summed E-state index contributed by atoms with van der Waals surface area (Å²) in [6.07, 6.45) is 4.88. The Morgan fingerprint density at radius 2 is 2.17 bits per heavy atom. The van der Waals surface area contributed by atoms with E-state index in [0.29, 0.717) is 25.2 Å². The van der Waals surface area contributed by atoms with Gasteiger partial charge in [0.05, 0.1) is 6.61 Å². The lowest BCUT2D eigenvalue weighted by molar-refractivity contribution is -0.121. The van der Waals surface area contributed by atoms with Crippen LogP contribution < -0.4 is 10.1 Å². The van der Waals surface area contributed by atoms with Crippen LogP contribution in [0.5, 0.6) is 5.75 Å². The number of hydrogen-bond donors (Lipinski definition) is 1. The Hall–Kier alpha value is -2.30. The average molecular weight is 332 g/mol. The molecule has 4 nitrogen and oxygen atoms in total. The van der Waals surface area contributed by atoms with Gasteiger partial charge in [-0.25, -0.2) is 4.39 Å². The van der Waals surface area contributed by atoms with Gasteiger partial charge in [-0.2, -0.15) is 0 Å². The molecular weight excluding hydrogens is 307 g/mol. The van der Waals surface area contributed by atoms with E-state index in [1.54, 1.807) is 12.1 Å². The molecule has 24 heavy (non-hydrogen) atoms. The Labute approximate surface area is 142 Å². The van der Waals surface area contributed by atoms with Gasteiger partial charge in [-0.1, -0.05) is 6.07 Å². The SMILES string of the molecule is C[C@@H](CCc1cccn1C)NC(=O)CCCOc1cccc(F)c1. The summed E-state index contributed by atoms with van der Waals surface area (Å²) in [6, 6.07) is 10.3. The third kappa shape index (κ3) is 6.07. The molecular formula is C19H25FN2O2. The summed E-state index contributed by atoms with van der Waals surface area (Å²) in [4.78, 5) is 11.9. The average Bonchev–Trinajstić information content (AvgIpc) is 2.95. The molecule has 0 bridgehead atoms. The number of aryl methyl sites for hydroxylation is 2. The van der Waals surface area contributed by atoms with E-state index in [4.69, 9.17) is 4.74 Å². The van der Waals surface area contributed by atoms with Crippen molar-refractivity contribution in [1.82, 2.24) is 9.88 Å². The summed E-state index contributed by atoms with van der Waals surface area (Å²) in [5.41, 5.74) is 1.26. The van der Waals surface area contributed by atoms with Gasteiger partial charge in [-0.3, -0.25) is 4.79 Å². The second kappa shape index (κ2) is 9.11. The van der Waals surface area contributed by atoms with Gasteiger partial charge in [-0.15, -0.1) is 0 Å². The zero-order valence-corrected chi connectivity index (χ0v) is 14.3. The van der Waals surface area contributed by atoms with Crippen molar-refractivity contribution < 1.29 is 13.9 Å². The Morgan fingerprint density at radius 3 is 2.88 bits per heavy atom. The highest BCUT2D eigenvalue weighted by Crippen LogP contribution is 2.12. The van der Waals surface area contributed by atoms with Gasteiger partial charge in [0.25, 0.3) is 0 Å². The van der Waals surface area contributed by atoms with Gasteiger partial charge >= 0.3 is 0 Å². The van der Waals surface area contributed by atoms with E-state index in [9.17, 15) is 9.18 Å². The summed E-state index contributed by atoms with van der Waals surface area (Å²) >= 11 is 0. The molecule has 2 rings (SSSR count). The van der Waals surface area contributed by atoms with Gasteiger partial charge in [-0.05, 0) is 50.5 Å². The van der Waals surface area contributed by atoms with Crippen molar-refractivity contribution in [3.8, 4) is 5.75 Å². The quantitative estimate of drug-likeness (QED) is 0.715. The standard InChI is InChI=1S/C19H25FN2O2/c1-15(10-11-17-7-4-12-22(17)2)21-19(23)9-5-13-24-18-8-3-6-16(20)14-18/h3-4,6-8,12,14-15H,5,9-11,13H2,1-2H3,(H,21,23)/t15-/m0/s1. The Bertz CT molecular complexity index is 654. The molecule has 0 aliphatic carbocycles. The number of hydrogen-bond acceptors (Lipinski definition) is 2. The number of nitrogens with one attached hydrogen (secondary N) is 1. The molecule has 0 unspecified atom stereocenters. The van der Waals surface area contributed by atoms with E-state index >= 15 is 0 Å². The molecule has 1 aromatic heterocycles. The number of rotatable bonds is 9. The molecule has 0 spiro atoms. The second-order valence-corrected chi connectivity index (χ2v) is 6.03. The van der Waals surface area contributed by atoms with Crippen molar-refractivity contribution in [2.45, 2.75) is 38.6 Å². The normalized spacial score (nSPS) is 12.0. The molecule has 0 saturated carbocycles. The van der Waals surface area contributed by atoms with E-state index in [2.05, 4.69) is 16.0 Å². The second-order valence-electron chi connectivity index (χ2n) is 6.03.